The number of rotatable bonds is 8. The standard InChI is InChI=1S/C20H26N4OS2.HI/c1-3-21-20(22-10-6-9-19-24-14(2)13-26-19)23-12-16(25)18-11-15-7-4-5-8-17(15)27-18;/h4-5,7-8,11,13,16,25H,3,6,9-10,12H2,1-2H3,(H2,21,22,23);1H. The third kappa shape index (κ3) is 6.68. The molecule has 0 spiro atoms. The average molecular weight is 531 g/mol. The molecule has 5 nitrogen and oxygen atoms in total. The van der Waals surface area contributed by atoms with Crippen molar-refractivity contribution in [2.24, 2.45) is 4.99 Å². The predicted molar refractivity (Wildman–Crippen MR) is 131 cm³/mol. The lowest BCUT2D eigenvalue weighted by Gasteiger charge is -2.12. The number of thiophene rings is 1. The molecule has 1 aromatic carbocycles. The fraction of sp³-hybridized carbons (Fsp3) is 0.400. The second-order valence-electron chi connectivity index (χ2n) is 6.33. The summed E-state index contributed by atoms with van der Waals surface area (Å²) >= 11 is 3.34. The van der Waals surface area contributed by atoms with E-state index in [0.29, 0.717) is 6.54 Å². The van der Waals surface area contributed by atoms with E-state index in [1.165, 1.54) is 15.1 Å². The highest BCUT2D eigenvalue weighted by atomic mass is 127. The lowest BCUT2D eigenvalue weighted by molar-refractivity contribution is 0.191. The van der Waals surface area contributed by atoms with Gasteiger partial charge in [-0.2, -0.15) is 0 Å². The van der Waals surface area contributed by atoms with Gasteiger partial charge < -0.3 is 15.7 Å². The van der Waals surface area contributed by atoms with Gasteiger partial charge in [-0.15, -0.1) is 46.7 Å². The minimum atomic E-state index is -0.587. The Morgan fingerprint density at radius 3 is 2.82 bits per heavy atom. The number of benzene rings is 1. The molecule has 0 aliphatic carbocycles. The highest BCUT2D eigenvalue weighted by Gasteiger charge is 2.11. The van der Waals surface area contributed by atoms with E-state index >= 15 is 0 Å². The molecule has 2 heterocycles. The number of aryl methyl sites for hydroxylation is 2. The van der Waals surface area contributed by atoms with Gasteiger partial charge in [0.05, 0.1) is 11.6 Å². The zero-order valence-corrected chi connectivity index (χ0v) is 20.1. The van der Waals surface area contributed by atoms with Crippen LogP contribution in [0.5, 0.6) is 0 Å². The molecule has 3 N–H and O–H groups in total. The van der Waals surface area contributed by atoms with Gasteiger partial charge in [0.2, 0.25) is 0 Å². The molecular weight excluding hydrogens is 503 g/mol. The zero-order valence-electron chi connectivity index (χ0n) is 16.1. The van der Waals surface area contributed by atoms with Gasteiger partial charge in [0.25, 0.3) is 0 Å². The Morgan fingerprint density at radius 1 is 1.29 bits per heavy atom. The molecule has 1 unspecified atom stereocenters. The summed E-state index contributed by atoms with van der Waals surface area (Å²) in [4.78, 5) is 9.99. The maximum absolute atomic E-state index is 10.5. The van der Waals surface area contributed by atoms with Crippen LogP contribution in [0.4, 0.5) is 0 Å². The summed E-state index contributed by atoms with van der Waals surface area (Å²) in [6, 6.07) is 10.2. The molecule has 152 valence electrons. The molecule has 0 aliphatic heterocycles. The Balaban J connectivity index is 0.00000280. The summed E-state index contributed by atoms with van der Waals surface area (Å²) in [5.41, 5.74) is 1.09. The highest BCUT2D eigenvalue weighted by Crippen LogP contribution is 2.29. The van der Waals surface area contributed by atoms with Gasteiger partial charge in [0, 0.05) is 40.2 Å². The SMILES string of the molecule is CCNC(=NCC(O)c1cc2ccccc2s1)NCCCc1nc(C)cs1.I. The first-order valence-electron chi connectivity index (χ1n) is 9.25. The van der Waals surface area contributed by atoms with Crippen LogP contribution in [0.15, 0.2) is 40.7 Å². The monoisotopic (exact) mass is 530 g/mol. The summed E-state index contributed by atoms with van der Waals surface area (Å²) in [7, 11) is 0. The fourth-order valence-corrected chi connectivity index (χ4v) is 4.60. The lowest BCUT2D eigenvalue weighted by Crippen LogP contribution is -2.38. The maximum atomic E-state index is 10.5. The Morgan fingerprint density at radius 2 is 2.11 bits per heavy atom. The van der Waals surface area contributed by atoms with Crippen molar-refractivity contribution in [3.05, 3.63) is 51.3 Å². The molecule has 0 radical (unpaired) electrons. The van der Waals surface area contributed by atoms with Gasteiger partial charge in [-0.05, 0) is 37.8 Å². The number of aliphatic hydroxyl groups excluding tert-OH is 1. The largest absolute Gasteiger partial charge is 0.386 e. The molecular formula is C20H27IN4OS2. The number of nitrogens with zero attached hydrogens (tertiary/aromatic N) is 2. The predicted octanol–water partition coefficient (Wildman–Crippen LogP) is 4.51. The summed E-state index contributed by atoms with van der Waals surface area (Å²) in [6.45, 7) is 6.02. The van der Waals surface area contributed by atoms with E-state index in [-0.39, 0.29) is 24.0 Å². The van der Waals surface area contributed by atoms with Crippen LogP contribution in [0, 0.1) is 6.92 Å². The second kappa shape index (κ2) is 11.7. The Hall–Kier alpha value is -1.23. The molecule has 28 heavy (non-hydrogen) atoms. The molecule has 0 saturated carbocycles. The summed E-state index contributed by atoms with van der Waals surface area (Å²) in [5.74, 6) is 0.744. The first-order valence-corrected chi connectivity index (χ1v) is 10.9. The molecule has 2 aromatic heterocycles. The van der Waals surface area contributed by atoms with Crippen LogP contribution in [0.2, 0.25) is 0 Å². The van der Waals surface area contributed by atoms with E-state index in [0.717, 1.165) is 42.5 Å². The van der Waals surface area contributed by atoms with Crippen molar-refractivity contribution in [3.63, 3.8) is 0 Å². The van der Waals surface area contributed by atoms with Gasteiger partial charge >= 0.3 is 0 Å². The van der Waals surface area contributed by atoms with Crippen LogP contribution < -0.4 is 10.6 Å². The number of nitrogens with one attached hydrogen (secondary N) is 2. The molecule has 0 amide bonds. The van der Waals surface area contributed by atoms with E-state index in [1.54, 1.807) is 22.7 Å². The van der Waals surface area contributed by atoms with Gasteiger partial charge in [-0.3, -0.25) is 4.99 Å². The first kappa shape index (κ1) is 23.1. The van der Waals surface area contributed by atoms with Crippen molar-refractivity contribution in [1.29, 1.82) is 0 Å². The van der Waals surface area contributed by atoms with Crippen molar-refractivity contribution in [2.75, 3.05) is 19.6 Å². The number of thiazole rings is 1. The summed E-state index contributed by atoms with van der Waals surface area (Å²) < 4.78 is 1.19. The smallest absolute Gasteiger partial charge is 0.191 e. The van der Waals surface area contributed by atoms with Gasteiger partial charge in [-0.1, -0.05) is 18.2 Å². The quantitative estimate of drug-likeness (QED) is 0.174. The Kier molecular flexibility index (Phi) is 9.63. The average Bonchev–Trinajstić information content (AvgIpc) is 3.28. The maximum Gasteiger partial charge on any atom is 0.191 e. The number of aliphatic imine (C=N–C) groups is 1. The molecule has 3 aromatic rings. The number of hydrogen-bond donors (Lipinski definition) is 3. The van der Waals surface area contributed by atoms with Gasteiger partial charge in [0.1, 0.15) is 6.10 Å². The van der Waals surface area contributed by atoms with E-state index in [9.17, 15) is 5.11 Å². The van der Waals surface area contributed by atoms with Crippen LogP contribution in [0.1, 0.15) is 35.0 Å². The number of fused-ring (bicyclic) bond motifs is 1. The molecule has 0 saturated heterocycles. The number of aliphatic hydroxyl groups is 1. The summed E-state index contributed by atoms with van der Waals surface area (Å²) in [6.07, 6.45) is 1.38. The van der Waals surface area contributed by atoms with E-state index in [4.69, 9.17) is 0 Å². The third-order valence-corrected chi connectivity index (χ3v) is 6.31. The van der Waals surface area contributed by atoms with Crippen LogP contribution in [0.25, 0.3) is 10.1 Å². The topological polar surface area (TPSA) is 69.5 Å². The molecule has 0 fully saturated rings. The van der Waals surface area contributed by atoms with Crippen molar-refractivity contribution >= 4 is 62.7 Å². The second-order valence-corrected chi connectivity index (χ2v) is 8.39. The van der Waals surface area contributed by atoms with Crippen LogP contribution in [0.3, 0.4) is 0 Å². The van der Waals surface area contributed by atoms with Crippen molar-refractivity contribution in [3.8, 4) is 0 Å². The molecule has 0 bridgehead atoms. The number of hydrogen-bond acceptors (Lipinski definition) is 5. The van der Waals surface area contributed by atoms with Crippen LogP contribution in [-0.2, 0) is 6.42 Å². The van der Waals surface area contributed by atoms with E-state index in [2.05, 4.69) is 44.2 Å². The minimum Gasteiger partial charge on any atom is -0.386 e. The van der Waals surface area contributed by atoms with Gasteiger partial charge in [-0.25, -0.2) is 4.98 Å². The van der Waals surface area contributed by atoms with E-state index in [1.807, 2.05) is 26.0 Å². The van der Waals surface area contributed by atoms with Crippen LogP contribution in [-0.4, -0.2) is 35.7 Å². The van der Waals surface area contributed by atoms with Crippen molar-refractivity contribution in [1.82, 2.24) is 15.6 Å². The Bertz CT molecular complexity index is 860. The number of aromatic nitrogens is 1. The molecule has 3 rings (SSSR count). The first-order chi connectivity index (χ1) is 13.2. The van der Waals surface area contributed by atoms with Crippen LogP contribution >= 0.6 is 46.7 Å². The normalized spacial score (nSPS) is 12.6. The lowest BCUT2D eigenvalue weighted by atomic mass is 10.2. The van der Waals surface area contributed by atoms with Crippen molar-refractivity contribution < 1.29 is 5.11 Å². The summed E-state index contributed by atoms with van der Waals surface area (Å²) in [5, 5.41) is 21.5. The molecule has 8 heteroatoms. The molecule has 1 atom stereocenters. The third-order valence-electron chi connectivity index (χ3n) is 4.07. The minimum absolute atomic E-state index is 0. The Labute approximate surface area is 191 Å². The van der Waals surface area contributed by atoms with E-state index < -0.39 is 6.10 Å². The highest BCUT2D eigenvalue weighted by molar-refractivity contribution is 14.0. The zero-order chi connectivity index (χ0) is 19.1. The molecule has 0 aliphatic rings. The van der Waals surface area contributed by atoms with Crippen molar-refractivity contribution in [2.45, 2.75) is 32.8 Å². The number of guanidine groups is 1. The fourth-order valence-electron chi connectivity index (χ4n) is 2.74. The number of halogens is 1. The van der Waals surface area contributed by atoms with Gasteiger partial charge in [0.15, 0.2) is 5.96 Å².